The molecule has 4 aromatic rings. The van der Waals surface area contributed by atoms with Gasteiger partial charge in [-0.3, -0.25) is 4.81 Å². The van der Waals surface area contributed by atoms with E-state index in [1.165, 1.54) is 27.3 Å². The Morgan fingerprint density at radius 2 is 1.69 bits per heavy atom. The molecule has 29 heavy (non-hydrogen) atoms. The highest BCUT2D eigenvalue weighted by molar-refractivity contribution is 6.77. The van der Waals surface area contributed by atoms with E-state index in [0.717, 1.165) is 22.5 Å². The van der Waals surface area contributed by atoms with Crippen molar-refractivity contribution in [1.82, 2.24) is 0 Å². The summed E-state index contributed by atoms with van der Waals surface area (Å²) in [5.41, 5.74) is 6.81. The Balaban J connectivity index is 1.74. The molecule has 0 spiro atoms. The quantitative estimate of drug-likeness (QED) is 0.390. The largest absolute Gasteiger partial charge is 0.452 e. The fraction of sp³-hybridized carbons (Fsp3) is 0.160. The van der Waals surface area contributed by atoms with Gasteiger partial charge in [-0.15, -0.1) is 0 Å². The molecule has 0 bridgehead atoms. The number of fused-ring (bicyclic) bond motifs is 3. The third kappa shape index (κ3) is 2.79. The highest BCUT2D eigenvalue weighted by Crippen LogP contribution is 2.28. The second-order valence-electron chi connectivity index (χ2n) is 7.91. The maximum absolute atomic E-state index is 6.26. The van der Waals surface area contributed by atoms with E-state index in [0.29, 0.717) is 0 Å². The maximum Gasteiger partial charge on any atom is 0.402 e. The van der Waals surface area contributed by atoms with Crippen molar-refractivity contribution in [1.29, 1.82) is 0 Å². The molecule has 0 fully saturated rings. The van der Waals surface area contributed by atoms with Gasteiger partial charge in [-0.05, 0) is 43.4 Å². The van der Waals surface area contributed by atoms with Gasteiger partial charge < -0.3 is 4.42 Å². The van der Waals surface area contributed by atoms with Gasteiger partial charge in [-0.25, -0.2) is 4.57 Å². The van der Waals surface area contributed by atoms with Crippen molar-refractivity contribution in [3.8, 4) is 11.1 Å². The zero-order valence-electron chi connectivity index (χ0n) is 17.3. The minimum absolute atomic E-state index is 0.223. The minimum atomic E-state index is 0.223. The van der Waals surface area contributed by atoms with Crippen LogP contribution in [0.5, 0.6) is 0 Å². The van der Waals surface area contributed by atoms with Crippen molar-refractivity contribution in [2.75, 3.05) is 4.81 Å². The summed E-state index contributed by atoms with van der Waals surface area (Å²) in [5, 5.41) is 2.39. The summed E-state index contributed by atoms with van der Waals surface area (Å²) in [6.45, 7) is 6.80. The zero-order chi connectivity index (χ0) is 20.1. The van der Waals surface area contributed by atoms with Gasteiger partial charge in [0.15, 0.2) is 5.42 Å². The average Bonchev–Trinajstić information content (AvgIpc) is 3.09. The molecule has 0 radical (unpaired) electrons. The van der Waals surface area contributed by atoms with Crippen LogP contribution >= 0.6 is 0 Å². The average molecular weight is 379 g/mol. The van der Waals surface area contributed by atoms with E-state index in [9.17, 15) is 0 Å². The number of aromatic nitrogens is 1. The summed E-state index contributed by atoms with van der Waals surface area (Å²) >= 11 is 0. The normalized spacial score (nSPS) is 13.6. The van der Waals surface area contributed by atoms with Crippen LogP contribution in [0, 0.1) is 6.92 Å². The van der Waals surface area contributed by atoms with E-state index in [-0.39, 0.29) is 6.85 Å². The smallest absolute Gasteiger partial charge is 0.402 e. The highest BCUT2D eigenvalue weighted by atomic mass is 16.3. The lowest BCUT2D eigenvalue weighted by Gasteiger charge is -2.24. The fourth-order valence-electron chi connectivity index (χ4n) is 4.55. The van der Waals surface area contributed by atoms with Gasteiger partial charge in [-0.1, -0.05) is 54.5 Å². The molecule has 1 aliphatic heterocycles. The van der Waals surface area contributed by atoms with E-state index in [1.54, 1.807) is 0 Å². The third-order valence-corrected chi connectivity index (χ3v) is 5.92. The molecule has 3 nitrogen and oxygen atoms in total. The SMILES string of the molecule is CB1C=c2c(oc3ccccc23)=C(C)N1c1cc(-c2ccccc2)c(C)c[n+]1C. The van der Waals surface area contributed by atoms with Crippen molar-refractivity contribution >= 4 is 35.3 Å². The Bertz CT molecular complexity index is 1360. The molecule has 3 heterocycles. The predicted molar refractivity (Wildman–Crippen MR) is 121 cm³/mol. The van der Waals surface area contributed by atoms with Crippen LogP contribution in [0.15, 0.2) is 71.3 Å². The second-order valence-corrected chi connectivity index (χ2v) is 7.91. The molecule has 5 rings (SSSR count). The molecule has 0 amide bonds. The van der Waals surface area contributed by atoms with Crippen molar-refractivity contribution in [2.24, 2.45) is 7.05 Å². The van der Waals surface area contributed by atoms with Crippen LogP contribution < -0.4 is 20.0 Å². The van der Waals surface area contributed by atoms with Crippen LogP contribution in [0.3, 0.4) is 0 Å². The Hall–Kier alpha value is -3.27. The van der Waals surface area contributed by atoms with E-state index >= 15 is 0 Å². The van der Waals surface area contributed by atoms with E-state index in [2.05, 4.69) is 97.8 Å². The zero-order valence-corrected chi connectivity index (χ0v) is 17.3. The van der Waals surface area contributed by atoms with Crippen LogP contribution in [-0.2, 0) is 7.05 Å². The molecule has 0 saturated heterocycles. The lowest BCUT2D eigenvalue weighted by Crippen LogP contribution is -2.50. The number of nitrogens with zero attached hydrogens (tertiary/aromatic N) is 2. The first-order valence-corrected chi connectivity index (χ1v) is 10.1. The summed E-state index contributed by atoms with van der Waals surface area (Å²) in [6.07, 6.45) is 2.21. The van der Waals surface area contributed by atoms with Crippen LogP contribution in [0.25, 0.3) is 33.8 Å². The van der Waals surface area contributed by atoms with Gasteiger partial charge in [-0.2, -0.15) is 0 Å². The standard InChI is InChI=1S/C25H24BN2O/c1-17-16-27(4)24(14-21(17)19-10-6-5-7-11-19)28-18(2)25-22(15-26(28)3)20-12-8-9-13-23(20)29-25/h5-16H,1-4H3/q+1. The lowest BCUT2D eigenvalue weighted by molar-refractivity contribution is -0.658. The second kappa shape index (κ2) is 6.66. The van der Waals surface area contributed by atoms with Crippen LogP contribution in [0.1, 0.15) is 12.5 Å². The first kappa shape index (κ1) is 17.8. The van der Waals surface area contributed by atoms with Gasteiger partial charge in [0.1, 0.15) is 11.3 Å². The van der Waals surface area contributed by atoms with Gasteiger partial charge in [0.05, 0.1) is 13.2 Å². The Labute approximate surface area is 171 Å². The number of hydrogen-bond acceptors (Lipinski definition) is 2. The van der Waals surface area contributed by atoms with Crippen molar-refractivity contribution in [3.63, 3.8) is 0 Å². The summed E-state index contributed by atoms with van der Waals surface area (Å²) in [5.74, 6) is 3.47. The molecule has 2 aromatic carbocycles. The van der Waals surface area contributed by atoms with Crippen molar-refractivity contribution < 1.29 is 8.98 Å². The van der Waals surface area contributed by atoms with Crippen LogP contribution in [0.4, 0.5) is 5.82 Å². The molecular formula is C25H24BN2O+. The molecule has 0 unspecified atom stereocenters. The summed E-state index contributed by atoms with van der Waals surface area (Å²) in [7, 11) is 2.12. The molecule has 0 N–H and O–H groups in total. The number of para-hydroxylation sites is 1. The van der Waals surface area contributed by atoms with Gasteiger partial charge in [0.25, 0.3) is 5.82 Å². The molecule has 2 aromatic heterocycles. The topological polar surface area (TPSA) is 20.3 Å². The van der Waals surface area contributed by atoms with Gasteiger partial charge in [0, 0.05) is 16.7 Å². The number of anilines is 1. The number of hydrogen-bond donors (Lipinski definition) is 0. The van der Waals surface area contributed by atoms with E-state index in [1.807, 2.05) is 12.1 Å². The summed E-state index contributed by atoms with van der Waals surface area (Å²) in [6, 6.07) is 21.2. The van der Waals surface area contributed by atoms with Crippen molar-refractivity contribution in [2.45, 2.75) is 20.7 Å². The molecule has 0 aliphatic carbocycles. The number of benzene rings is 2. The highest BCUT2D eigenvalue weighted by Gasteiger charge is 2.34. The Morgan fingerprint density at radius 3 is 2.48 bits per heavy atom. The van der Waals surface area contributed by atoms with E-state index in [4.69, 9.17) is 4.42 Å². The summed E-state index contributed by atoms with van der Waals surface area (Å²) in [4.78, 5) is 2.37. The number of rotatable bonds is 2. The van der Waals surface area contributed by atoms with Gasteiger partial charge >= 0.3 is 6.85 Å². The van der Waals surface area contributed by atoms with E-state index < -0.39 is 0 Å². The molecule has 142 valence electrons. The first-order chi connectivity index (χ1) is 14.0. The third-order valence-electron chi connectivity index (χ3n) is 5.92. The molecule has 0 saturated carbocycles. The minimum Gasteiger partial charge on any atom is -0.452 e. The monoisotopic (exact) mass is 379 g/mol. The van der Waals surface area contributed by atoms with Crippen LogP contribution in [0.2, 0.25) is 6.82 Å². The first-order valence-electron chi connectivity index (χ1n) is 10.1. The molecule has 4 heteroatoms. The van der Waals surface area contributed by atoms with Crippen LogP contribution in [-0.4, -0.2) is 6.85 Å². The molecule has 1 aliphatic rings. The summed E-state index contributed by atoms with van der Waals surface area (Å²) < 4.78 is 8.47. The number of furan rings is 1. The number of aryl methyl sites for hydroxylation is 2. The predicted octanol–water partition coefficient (Wildman–Crippen LogP) is 3.82. The Kier molecular flexibility index (Phi) is 4.09. The lowest BCUT2D eigenvalue weighted by atomic mass is 9.60. The maximum atomic E-state index is 6.26. The fourth-order valence-corrected chi connectivity index (χ4v) is 4.55. The van der Waals surface area contributed by atoms with Crippen molar-refractivity contribution in [3.05, 3.63) is 83.1 Å². The molecule has 0 atom stereocenters. The molecular weight excluding hydrogens is 355 g/mol. The van der Waals surface area contributed by atoms with Gasteiger partial charge in [0.2, 0.25) is 0 Å². The Morgan fingerprint density at radius 1 is 0.966 bits per heavy atom. The number of pyridine rings is 1.